The van der Waals surface area contributed by atoms with Crippen molar-refractivity contribution in [3.05, 3.63) is 0 Å². The van der Waals surface area contributed by atoms with Gasteiger partial charge in [0.1, 0.15) is 0 Å². The summed E-state index contributed by atoms with van der Waals surface area (Å²) >= 11 is 0. The van der Waals surface area contributed by atoms with Gasteiger partial charge in [0, 0.05) is 0 Å². The third-order valence-corrected chi connectivity index (χ3v) is 12.9. The number of carbonyl (C=O) groups excluding carboxylic acids is 1. The predicted octanol–water partition coefficient (Wildman–Crippen LogP) is 8.41. The van der Waals surface area contributed by atoms with Crippen LogP contribution in [-0.4, -0.2) is 30.6 Å². The number of unbranched alkanes of at least 4 members (excludes halogenated alkanes) is 5. The molecule has 0 rings (SSSR count). The van der Waals surface area contributed by atoms with Crippen LogP contribution in [0, 0.1) is 5.92 Å². The first-order valence-electron chi connectivity index (χ1n) is 12.2. The Morgan fingerprint density at radius 2 is 1.04 bits per heavy atom. The molecule has 164 valence electrons. The first-order chi connectivity index (χ1) is 13.0. The van der Waals surface area contributed by atoms with Gasteiger partial charge in [0.25, 0.3) is 0 Å². The molecule has 0 bridgehead atoms. The third kappa shape index (κ3) is 9.29. The summed E-state index contributed by atoms with van der Waals surface area (Å²) in [4.78, 5) is 13.4. The summed E-state index contributed by atoms with van der Waals surface area (Å²) in [6.45, 7) is 11.0. The molecule has 1 atom stereocenters. The van der Waals surface area contributed by atoms with Gasteiger partial charge in [-0.1, -0.05) is 0 Å². The molecule has 0 N–H and O–H groups in total. The van der Waals surface area contributed by atoms with Crippen molar-refractivity contribution in [2.75, 3.05) is 24.6 Å². The van der Waals surface area contributed by atoms with Crippen LogP contribution in [0.25, 0.3) is 0 Å². The Labute approximate surface area is 171 Å². The van der Waals surface area contributed by atoms with E-state index in [1.807, 2.05) is 0 Å². The summed E-state index contributed by atoms with van der Waals surface area (Å²) in [7, 11) is 0. The summed E-state index contributed by atoms with van der Waals surface area (Å²) in [5.74, 6) is 0.265. The van der Waals surface area contributed by atoms with Crippen molar-refractivity contribution in [2.45, 2.75) is 119 Å². The van der Waals surface area contributed by atoms with E-state index in [1.165, 1.54) is 76.0 Å². The van der Waals surface area contributed by atoms with E-state index in [2.05, 4.69) is 41.5 Å². The minimum absolute atomic E-state index is 0.109. The average Bonchev–Trinajstić information content (AvgIpc) is 2.68. The van der Waals surface area contributed by atoms with Crippen LogP contribution in [0.1, 0.15) is 119 Å². The quantitative estimate of drug-likeness (QED) is 0.215. The van der Waals surface area contributed by atoms with Gasteiger partial charge in [-0.3, -0.25) is 0 Å². The fraction of sp³-hybridized carbons (Fsp3) is 0.958. The summed E-state index contributed by atoms with van der Waals surface area (Å²) in [5, 5.41) is 0. The first kappa shape index (κ1) is 26.9. The molecule has 0 saturated carbocycles. The van der Waals surface area contributed by atoms with Crippen molar-refractivity contribution < 1.29 is 9.32 Å². The van der Waals surface area contributed by atoms with E-state index in [9.17, 15) is 4.79 Å². The normalized spacial score (nSPS) is 14.5. The van der Waals surface area contributed by atoms with E-state index in [1.54, 1.807) is 0 Å². The second-order valence-corrected chi connectivity index (χ2v) is 14.5. The van der Waals surface area contributed by atoms with Gasteiger partial charge >= 0.3 is 171 Å². The zero-order chi connectivity index (χ0) is 20.6. The molecule has 2 nitrogen and oxygen atoms in total. The average molecular weight is 403 g/mol. The van der Waals surface area contributed by atoms with Gasteiger partial charge in [-0.15, -0.1) is 0 Å². The van der Waals surface area contributed by atoms with Gasteiger partial charge in [-0.05, 0) is 0 Å². The zero-order valence-corrected chi connectivity index (χ0v) is 20.5. The Balaban J connectivity index is 5.83. The molecule has 0 heterocycles. The van der Waals surface area contributed by atoms with Gasteiger partial charge in [-0.2, -0.15) is 0 Å². The van der Waals surface area contributed by atoms with Gasteiger partial charge in [0.05, 0.1) is 0 Å². The van der Waals surface area contributed by atoms with Crippen molar-refractivity contribution in [3.63, 3.8) is 0 Å². The topological polar surface area (TPSA) is 26.3 Å². The molecule has 0 aliphatic carbocycles. The molecule has 0 amide bonds. The molecule has 0 aromatic rings. The zero-order valence-electron chi connectivity index (χ0n) is 19.7. The summed E-state index contributed by atoms with van der Waals surface area (Å²) < 4.78 is 6.88. The summed E-state index contributed by atoms with van der Waals surface area (Å²) in [6.07, 6.45) is 18.6. The van der Waals surface area contributed by atoms with Crippen molar-refractivity contribution in [1.29, 1.82) is 0 Å². The molecular weight excluding hydrogens is 351 g/mol. The van der Waals surface area contributed by atoms with Gasteiger partial charge in [-0.25, -0.2) is 0 Å². The second kappa shape index (κ2) is 14.8. The van der Waals surface area contributed by atoms with E-state index in [-0.39, 0.29) is 11.9 Å². The molecule has 27 heavy (non-hydrogen) atoms. The third-order valence-electron chi connectivity index (χ3n) is 6.39. The second-order valence-electron chi connectivity index (χ2n) is 8.82. The molecule has 0 aromatic carbocycles. The van der Waals surface area contributed by atoms with Crippen LogP contribution < -0.4 is 0 Å². The Morgan fingerprint density at radius 1 is 0.667 bits per heavy atom. The SMILES string of the molecule is CCCCC(CC)C(=O)OP(CCCC)(CCCC)(CCCC)CCCC. The first-order valence-corrected chi connectivity index (χ1v) is 15.1. The van der Waals surface area contributed by atoms with Crippen LogP contribution in [0.5, 0.6) is 0 Å². The Bertz CT molecular complexity index is 337. The van der Waals surface area contributed by atoms with Crippen LogP contribution in [0.3, 0.4) is 0 Å². The molecular formula is C24H51O2P. The molecule has 0 saturated heterocycles. The van der Waals surface area contributed by atoms with Gasteiger partial charge < -0.3 is 0 Å². The maximum atomic E-state index is 13.4. The van der Waals surface area contributed by atoms with E-state index in [4.69, 9.17) is 4.52 Å². The predicted molar refractivity (Wildman–Crippen MR) is 125 cm³/mol. The van der Waals surface area contributed by atoms with Gasteiger partial charge in [0.2, 0.25) is 0 Å². The molecule has 0 fully saturated rings. The molecule has 0 spiro atoms. The van der Waals surface area contributed by atoms with Gasteiger partial charge in [0.15, 0.2) is 0 Å². The Hall–Kier alpha value is -0.100. The number of carbonyl (C=O) groups is 1. The van der Waals surface area contributed by atoms with Crippen LogP contribution in [0.15, 0.2) is 0 Å². The van der Waals surface area contributed by atoms with Crippen molar-refractivity contribution in [3.8, 4) is 0 Å². The van der Waals surface area contributed by atoms with E-state index < -0.39 is 6.83 Å². The van der Waals surface area contributed by atoms with Crippen LogP contribution in [-0.2, 0) is 9.32 Å². The standard InChI is InChI=1S/C24H51O2P/c1-7-13-18-23(12-6)24(25)26-27(19-14-8-2,20-15-9-3,21-16-10-4)22-17-11-5/h23H,7-22H2,1-6H3. The maximum absolute atomic E-state index is 13.4. The van der Waals surface area contributed by atoms with Crippen LogP contribution in [0.2, 0.25) is 0 Å². The number of rotatable bonds is 18. The van der Waals surface area contributed by atoms with Crippen LogP contribution >= 0.6 is 6.83 Å². The van der Waals surface area contributed by atoms with Crippen molar-refractivity contribution >= 4 is 12.8 Å². The Kier molecular flexibility index (Phi) is 14.8. The minimum atomic E-state index is -2.46. The monoisotopic (exact) mass is 402 g/mol. The van der Waals surface area contributed by atoms with Crippen molar-refractivity contribution in [1.82, 2.24) is 0 Å². The molecule has 0 aliphatic heterocycles. The number of hydrogen-bond donors (Lipinski definition) is 0. The Morgan fingerprint density at radius 3 is 1.33 bits per heavy atom. The fourth-order valence-electron chi connectivity index (χ4n) is 4.35. The molecule has 3 heteroatoms. The molecule has 0 radical (unpaired) electrons. The summed E-state index contributed by atoms with van der Waals surface area (Å²) in [6, 6.07) is 0. The summed E-state index contributed by atoms with van der Waals surface area (Å²) in [5.41, 5.74) is 0. The molecule has 0 aliphatic rings. The molecule has 0 aromatic heterocycles. The van der Waals surface area contributed by atoms with E-state index in [0.29, 0.717) is 0 Å². The fourth-order valence-corrected chi connectivity index (χ4v) is 11.2. The van der Waals surface area contributed by atoms with Crippen LogP contribution in [0.4, 0.5) is 0 Å². The van der Waals surface area contributed by atoms with Crippen molar-refractivity contribution in [2.24, 2.45) is 5.92 Å². The number of hydrogen-bond acceptors (Lipinski definition) is 2. The van der Waals surface area contributed by atoms with E-state index >= 15 is 0 Å². The van der Waals surface area contributed by atoms with E-state index in [0.717, 1.165) is 25.7 Å². The molecule has 1 unspecified atom stereocenters.